The van der Waals surface area contributed by atoms with Crippen LogP contribution < -0.4 is 5.73 Å². The highest BCUT2D eigenvalue weighted by atomic mass is 35.5. The van der Waals surface area contributed by atoms with Crippen molar-refractivity contribution in [3.63, 3.8) is 0 Å². The third kappa shape index (κ3) is 3.35. The van der Waals surface area contributed by atoms with E-state index in [4.69, 9.17) is 5.73 Å². The normalized spacial score (nSPS) is 21.4. The summed E-state index contributed by atoms with van der Waals surface area (Å²) in [6.45, 7) is 10.1. The molecule has 0 saturated carbocycles. The Balaban J connectivity index is 0.00000200. The minimum atomic E-state index is 0. The number of carbonyl (C=O) groups excluding carboxylic acids is 1. The van der Waals surface area contributed by atoms with Gasteiger partial charge in [0, 0.05) is 24.0 Å². The van der Waals surface area contributed by atoms with Gasteiger partial charge in [-0.3, -0.25) is 4.79 Å². The zero-order valence-electron chi connectivity index (χ0n) is 12.7. The van der Waals surface area contributed by atoms with Gasteiger partial charge in [0.15, 0.2) is 0 Å². The lowest BCUT2D eigenvalue weighted by atomic mass is 9.79. The molecule has 1 aliphatic heterocycles. The van der Waals surface area contributed by atoms with Crippen molar-refractivity contribution in [3.8, 4) is 0 Å². The van der Waals surface area contributed by atoms with Crippen LogP contribution in [0.5, 0.6) is 0 Å². The van der Waals surface area contributed by atoms with E-state index < -0.39 is 0 Å². The van der Waals surface area contributed by atoms with Crippen LogP contribution in [0, 0.1) is 12.3 Å². The number of nitrogens with two attached hydrogens (primary N) is 1. The number of thiophene rings is 1. The van der Waals surface area contributed by atoms with E-state index in [-0.39, 0.29) is 29.8 Å². The zero-order valence-corrected chi connectivity index (χ0v) is 14.4. The van der Waals surface area contributed by atoms with Gasteiger partial charge in [-0.1, -0.05) is 20.8 Å². The van der Waals surface area contributed by atoms with Crippen molar-refractivity contribution in [2.45, 2.75) is 46.6 Å². The second-order valence-electron chi connectivity index (χ2n) is 6.16. The minimum Gasteiger partial charge on any atom is -0.337 e. The van der Waals surface area contributed by atoms with Crippen LogP contribution in [0.25, 0.3) is 0 Å². The van der Waals surface area contributed by atoms with Gasteiger partial charge in [-0.05, 0) is 36.8 Å². The molecule has 1 amide bonds. The second-order valence-corrected chi connectivity index (χ2v) is 7.41. The van der Waals surface area contributed by atoms with Crippen molar-refractivity contribution >= 4 is 29.7 Å². The quantitative estimate of drug-likeness (QED) is 0.910. The largest absolute Gasteiger partial charge is 0.337 e. The Bertz CT molecular complexity index is 484. The molecule has 0 aromatic carbocycles. The van der Waals surface area contributed by atoms with Crippen molar-refractivity contribution in [2.75, 3.05) is 13.1 Å². The standard InChI is InChI=1S/C15H24N2OS.ClH/c1-5-11-8-12(19-10(11)2)14(18)17-7-6-13(16)15(3,4)9-17;/h8,13H,5-7,9,16H2,1-4H3;1H. The lowest BCUT2D eigenvalue weighted by Crippen LogP contribution is -2.53. The summed E-state index contributed by atoms with van der Waals surface area (Å²) < 4.78 is 0. The van der Waals surface area contributed by atoms with Crippen LogP contribution in [-0.4, -0.2) is 29.9 Å². The van der Waals surface area contributed by atoms with Gasteiger partial charge < -0.3 is 10.6 Å². The first kappa shape index (κ1) is 17.5. The van der Waals surface area contributed by atoms with E-state index in [0.29, 0.717) is 0 Å². The Hall–Kier alpha value is -0.580. The molecule has 20 heavy (non-hydrogen) atoms. The Morgan fingerprint density at radius 3 is 2.70 bits per heavy atom. The number of aryl methyl sites for hydroxylation is 2. The Labute approximate surface area is 131 Å². The fraction of sp³-hybridized carbons (Fsp3) is 0.667. The van der Waals surface area contributed by atoms with Gasteiger partial charge in [-0.2, -0.15) is 0 Å². The summed E-state index contributed by atoms with van der Waals surface area (Å²) in [4.78, 5) is 16.7. The maximum atomic E-state index is 12.6. The molecule has 2 rings (SSSR count). The number of piperidine rings is 1. The van der Waals surface area contributed by atoms with Crippen molar-refractivity contribution in [1.29, 1.82) is 0 Å². The summed E-state index contributed by atoms with van der Waals surface area (Å²) in [6, 6.07) is 2.25. The van der Waals surface area contributed by atoms with E-state index >= 15 is 0 Å². The lowest BCUT2D eigenvalue weighted by molar-refractivity contribution is 0.0537. The SMILES string of the molecule is CCc1cc(C(=O)N2CCC(N)C(C)(C)C2)sc1C.Cl. The summed E-state index contributed by atoms with van der Waals surface area (Å²) in [6.07, 6.45) is 1.88. The summed E-state index contributed by atoms with van der Waals surface area (Å²) in [5.74, 6) is 0.174. The van der Waals surface area contributed by atoms with E-state index in [2.05, 4.69) is 33.8 Å². The van der Waals surface area contributed by atoms with Crippen molar-refractivity contribution < 1.29 is 4.79 Å². The molecule has 3 nitrogen and oxygen atoms in total. The minimum absolute atomic E-state index is 0. The van der Waals surface area contributed by atoms with Crippen LogP contribution in [0.2, 0.25) is 0 Å². The summed E-state index contributed by atoms with van der Waals surface area (Å²) >= 11 is 1.62. The van der Waals surface area contributed by atoms with Gasteiger partial charge in [0.1, 0.15) is 0 Å². The molecule has 1 unspecified atom stereocenters. The van der Waals surface area contributed by atoms with Gasteiger partial charge >= 0.3 is 0 Å². The highest BCUT2D eigenvalue weighted by Crippen LogP contribution is 2.30. The van der Waals surface area contributed by atoms with Crippen LogP contribution in [0.1, 0.15) is 47.3 Å². The Kier molecular flexibility index (Phi) is 5.64. The second kappa shape index (κ2) is 6.46. The first-order chi connectivity index (χ1) is 8.85. The average molecular weight is 317 g/mol. The van der Waals surface area contributed by atoms with E-state index in [1.165, 1.54) is 10.4 Å². The van der Waals surface area contributed by atoms with Crippen LogP contribution >= 0.6 is 23.7 Å². The van der Waals surface area contributed by atoms with E-state index in [9.17, 15) is 4.79 Å². The number of amides is 1. The van der Waals surface area contributed by atoms with Crippen molar-refractivity contribution in [1.82, 2.24) is 4.90 Å². The first-order valence-corrected chi connectivity index (χ1v) is 7.81. The number of rotatable bonds is 2. The zero-order chi connectivity index (χ0) is 14.2. The lowest BCUT2D eigenvalue weighted by Gasteiger charge is -2.42. The third-order valence-electron chi connectivity index (χ3n) is 4.21. The molecule has 1 fully saturated rings. The molecule has 1 aromatic heterocycles. The fourth-order valence-electron chi connectivity index (χ4n) is 2.68. The topological polar surface area (TPSA) is 46.3 Å². The van der Waals surface area contributed by atoms with Crippen LogP contribution in [0.4, 0.5) is 0 Å². The number of hydrogen-bond acceptors (Lipinski definition) is 3. The van der Waals surface area contributed by atoms with Crippen LogP contribution in [-0.2, 0) is 6.42 Å². The number of likely N-dealkylation sites (tertiary alicyclic amines) is 1. The highest BCUT2D eigenvalue weighted by molar-refractivity contribution is 7.14. The Morgan fingerprint density at radius 2 is 2.20 bits per heavy atom. The van der Waals surface area contributed by atoms with E-state index in [1.807, 2.05) is 4.90 Å². The maximum Gasteiger partial charge on any atom is 0.263 e. The van der Waals surface area contributed by atoms with Crippen molar-refractivity contribution in [2.24, 2.45) is 11.1 Å². The van der Waals surface area contributed by atoms with Crippen LogP contribution in [0.15, 0.2) is 6.07 Å². The highest BCUT2D eigenvalue weighted by Gasteiger charge is 2.35. The molecule has 0 spiro atoms. The smallest absolute Gasteiger partial charge is 0.263 e. The predicted octanol–water partition coefficient (Wildman–Crippen LogP) is 3.24. The summed E-state index contributed by atoms with van der Waals surface area (Å²) in [5.41, 5.74) is 7.43. The maximum absolute atomic E-state index is 12.6. The van der Waals surface area contributed by atoms with Crippen LogP contribution in [0.3, 0.4) is 0 Å². The monoisotopic (exact) mass is 316 g/mol. The summed E-state index contributed by atoms with van der Waals surface area (Å²) in [5, 5.41) is 0. The van der Waals surface area contributed by atoms with Crippen molar-refractivity contribution in [3.05, 3.63) is 21.4 Å². The van der Waals surface area contributed by atoms with Gasteiger partial charge in [-0.15, -0.1) is 23.7 Å². The number of hydrogen-bond donors (Lipinski definition) is 1. The molecule has 2 N–H and O–H groups in total. The molecular weight excluding hydrogens is 292 g/mol. The molecule has 1 aliphatic rings. The molecule has 0 radical (unpaired) electrons. The number of carbonyl (C=O) groups is 1. The number of nitrogens with zero attached hydrogens (tertiary/aromatic N) is 1. The Morgan fingerprint density at radius 1 is 1.55 bits per heavy atom. The number of halogens is 1. The molecule has 1 aromatic rings. The molecular formula is C15H25ClN2OS. The summed E-state index contributed by atoms with van der Waals surface area (Å²) in [7, 11) is 0. The molecule has 1 atom stereocenters. The molecule has 0 aliphatic carbocycles. The molecule has 1 saturated heterocycles. The van der Waals surface area contributed by atoms with Gasteiger partial charge in [0.05, 0.1) is 4.88 Å². The third-order valence-corrected chi connectivity index (χ3v) is 5.29. The van der Waals surface area contributed by atoms with Gasteiger partial charge in [0.25, 0.3) is 5.91 Å². The first-order valence-electron chi connectivity index (χ1n) is 6.99. The molecule has 2 heterocycles. The van der Waals surface area contributed by atoms with Gasteiger partial charge in [0.2, 0.25) is 0 Å². The average Bonchev–Trinajstić information content (AvgIpc) is 2.73. The molecule has 5 heteroatoms. The van der Waals surface area contributed by atoms with E-state index in [1.54, 1.807) is 11.3 Å². The van der Waals surface area contributed by atoms with E-state index in [0.717, 1.165) is 30.8 Å². The molecule has 0 bridgehead atoms. The molecule has 114 valence electrons. The fourth-order valence-corrected chi connectivity index (χ4v) is 3.76. The van der Waals surface area contributed by atoms with Gasteiger partial charge in [-0.25, -0.2) is 0 Å². The predicted molar refractivity (Wildman–Crippen MR) is 88.0 cm³/mol.